The molecule has 1 heterocycles. The van der Waals surface area contributed by atoms with Crippen LogP contribution in [-0.4, -0.2) is 24.5 Å². The van der Waals surface area contributed by atoms with Gasteiger partial charge in [-0.05, 0) is 18.2 Å². The van der Waals surface area contributed by atoms with Crippen LogP contribution in [0.1, 0.15) is 10.4 Å². The van der Waals surface area contributed by atoms with Crippen LogP contribution < -0.4 is 0 Å². The summed E-state index contributed by atoms with van der Waals surface area (Å²) < 4.78 is 25.7. The van der Waals surface area contributed by atoms with E-state index in [1.807, 2.05) is 0 Å². The Morgan fingerprint density at radius 2 is 1.83 bits per heavy atom. The summed E-state index contributed by atoms with van der Waals surface area (Å²) in [4.78, 5) is 12.0. The van der Waals surface area contributed by atoms with Gasteiger partial charge in [0, 0.05) is 25.0 Å². The lowest BCUT2D eigenvalue weighted by molar-refractivity contribution is 0.102. The minimum absolute atomic E-state index is 0.175. The molecule has 5 heteroatoms. The fourth-order valence-electron chi connectivity index (χ4n) is 1.64. The van der Waals surface area contributed by atoms with Gasteiger partial charge in [0.05, 0.1) is 4.90 Å². The molecule has 94 valence electrons. The predicted molar refractivity (Wildman–Crippen MR) is 68.2 cm³/mol. The Hall–Kier alpha value is -1.88. The van der Waals surface area contributed by atoms with Gasteiger partial charge >= 0.3 is 0 Å². The second-order valence-corrected chi connectivity index (χ2v) is 6.05. The van der Waals surface area contributed by atoms with Gasteiger partial charge in [0.1, 0.15) is 5.75 Å². The number of aromatic nitrogens is 1. The topological polar surface area (TPSA) is 56.1 Å². The Bertz CT molecular complexity index is 657. The highest BCUT2D eigenvalue weighted by molar-refractivity contribution is 7.92. The third kappa shape index (κ3) is 2.68. The van der Waals surface area contributed by atoms with Crippen molar-refractivity contribution < 1.29 is 13.2 Å². The largest absolute Gasteiger partial charge is 0.357 e. The molecule has 18 heavy (non-hydrogen) atoms. The molecule has 0 atom stereocenters. The number of Topliss-reactive ketones (excluding diaryl/α,β-unsaturated/α-hetero) is 1. The molecule has 1 aromatic heterocycles. The Morgan fingerprint density at radius 3 is 2.39 bits per heavy atom. The number of aryl methyl sites for hydroxylation is 1. The molecule has 0 aliphatic rings. The van der Waals surface area contributed by atoms with E-state index in [2.05, 4.69) is 0 Å². The number of carbonyl (C=O) groups excluding carboxylic acids is 1. The maximum Gasteiger partial charge on any atom is 0.185 e. The zero-order valence-corrected chi connectivity index (χ0v) is 10.7. The molecule has 0 amide bonds. The Labute approximate surface area is 106 Å². The van der Waals surface area contributed by atoms with Gasteiger partial charge in [-0.2, -0.15) is 0 Å². The number of sulfone groups is 1. The molecular formula is C13H13NO3S. The van der Waals surface area contributed by atoms with E-state index in [0.29, 0.717) is 5.56 Å². The van der Waals surface area contributed by atoms with Gasteiger partial charge in [-0.3, -0.25) is 4.79 Å². The van der Waals surface area contributed by atoms with Crippen molar-refractivity contribution in [1.82, 2.24) is 4.57 Å². The van der Waals surface area contributed by atoms with E-state index in [1.165, 1.54) is 12.1 Å². The molecule has 0 radical (unpaired) electrons. The van der Waals surface area contributed by atoms with Gasteiger partial charge in [-0.15, -0.1) is 0 Å². The third-order valence-corrected chi connectivity index (χ3v) is 4.21. The first kappa shape index (κ1) is 12.6. The molecule has 0 saturated carbocycles. The summed E-state index contributed by atoms with van der Waals surface area (Å²) >= 11 is 0. The second-order valence-electron chi connectivity index (χ2n) is 4.06. The smallest absolute Gasteiger partial charge is 0.185 e. The maximum absolute atomic E-state index is 12.0. The fourth-order valence-corrected chi connectivity index (χ4v) is 2.89. The van der Waals surface area contributed by atoms with Crippen molar-refractivity contribution in [3.63, 3.8) is 0 Å². The summed E-state index contributed by atoms with van der Waals surface area (Å²) in [5.41, 5.74) is 0.414. The molecule has 0 saturated heterocycles. The molecule has 0 spiro atoms. The van der Waals surface area contributed by atoms with Crippen molar-refractivity contribution in [3.8, 4) is 0 Å². The van der Waals surface area contributed by atoms with E-state index < -0.39 is 15.6 Å². The summed E-state index contributed by atoms with van der Waals surface area (Å²) in [5.74, 6) is -0.888. The highest BCUT2D eigenvalue weighted by Crippen LogP contribution is 2.12. The molecule has 4 nitrogen and oxygen atoms in total. The van der Waals surface area contributed by atoms with E-state index >= 15 is 0 Å². The average Bonchev–Trinajstić information content (AvgIpc) is 2.77. The molecule has 0 N–H and O–H groups in total. The Morgan fingerprint density at radius 1 is 1.17 bits per heavy atom. The Balaban J connectivity index is 2.22. The fraction of sp³-hybridized carbons (Fsp3) is 0.154. The number of ketones is 1. The Kier molecular flexibility index (Phi) is 3.34. The standard InChI is InChI=1S/C13H13NO3S/c1-14-8-7-11(9-14)13(15)10-18(16,17)12-5-3-2-4-6-12/h2-9H,10H2,1H3. The van der Waals surface area contributed by atoms with Crippen LogP contribution in [0.3, 0.4) is 0 Å². The van der Waals surface area contributed by atoms with Gasteiger partial charge in [-0.25, -0.2) is 8.42 Å². The summed E-state index contributed by atoms with van der Waals surface area (Å²) in [5, 5.41) is 0. The van der Waals surface area contributed by atoms with Gasteiger partial charge in [-0.1, -0.05) is 18.2 Å². The molecule has 2 aromatic rings. The van der Waals surface area contributed by atoms with Crippen LogP contribution in [0.2, 0.25) is 0 Å². The maximum atomic E-state index is 12.0. The average molecular weight is 263 g/mol. The van der Waals surface area contributed by atoms with E-state index in [4.69, 9.17) is 0 Å². The molecule has 0 aliphatic carbocycles. The number of hydrogen-bond acceptors (Lipinski definition) is 3. The van der Waals surface area contributed by atoms with E-state index in [1.54, 1.807) is 48.3 Å². The first-order valence-corrected chi connectivity index (χ1v) is 7.07. The van der Waals surface area contributed by atoms with Crippen LogP contribution in [-0.2, 0) is 16.9 Å². The lowest BCUT2D eigenvalue weighted by Crippen LogP contribution is -2.16. The first-order valence-electron chi connectivity index (χ1n) is 5.42. The normalized spacial score (nSPS) is 11.4. The number of nitrogens with zero attached hydrogens (tertiary/aromatic N) is 1. The minimum Gasteiger partial charge on any atom is -0.357 e. The van der Waals surface area contributed by atoms with Crippen LogP contribution in [0.25, 0.3) is 0 Å². The SMILES string of the molecule is Cn1ccc(C(=O)CS(=O)(=O)c2ccccc2)c1. The zero-order chi connectivity index (χ0) is 13.2. The molecular weight excluding hydrogens is 250 g/mol. The van der Waals surface area contributed by atoms with Crippen molar-refractivity contribution in [2.45, 2.75) is 4.90 Å². The lowest BCUT2D eigenvalue weighted by atomic mass is 10.2. The van der Waals surface area contributed by atoms with Crippen molar-refractivity contribution in [3.05, 3.63) is 54.4 Å². The van der Waals surface area contributed by atoms with Crippen LogP contribution >= 0.6 is 0 Å². The highest BCUT2D eigenvalue weighted by Gasteiger charge is 2.20. The van der Waals surface area contributed by atoms with Crippen LogP contribution in [0.5, 0.6) is 0 Å². The number of carbonyl (C=O) groups is 1. The molecule has 0 fully saturated rings. The van der Waals surface area contributed by atoms with Gasteiger partial charge in [0.15, 0.2) is 15.6 Å². The van der Waals surface area contributed by atoms with E-state index in [-0.39, 0.29) is 10.7 Å². The number of rotatable bonds is 4. The number of benzene rings is 1. The summed E-state index contributed by atoms with van der Waals surface area (Å²) in [6.07, 6.45) is 3.32. The van der Waals surface area contributed by atoms with Crippen molar-refractivity contribution in [2.75, 3.05) is 5.75 Å². The quantitative estimate of drug-likeness (QED) is 0.789. The van der Waals surface area contributed by atoms with E-state index in [9.17, 15) is 13.2 Å². The predicted octanol–water partition coefficient (Wildman–Crippen LogP) is 1.68. The molecule has 2 rings (SSSR count). The highest BCUT2D eigenvalue weighted by atomic mass is 32.2. The third-order valence-electron chi connectivity index (χ3n) is 2.58. The summed E-state index contributed by atoms with van der Waals surface area (Å²) in [6, 6.07) is 9.61. The second kappa shape index (κ2) is 4.78. The molecule has 0 unspecified atom stereocenters. The van der Waals surface area contributed by atoms with Gasteiger partial charge < -0.3 is 4.57 Å². The number of hydrogen-bond donors (Lipinski definition) is 0. The summed E-state index contributed by atoms with van der Waals surface area (Å²) in [6.45, 7) is 0. The van der Waals surface area contributed by atoms with Crippen molar-refractivity contribution in [2.24, 2.45) is 7.05 Å². The van der Waals surface area contributed by atoms with Crippen molar-refractivity contribution >= 4 is 15.6 Å². The van der Waals surface area contributed by atoms with Crippen LogP contribution in [0.15, 0.2) is 53.7 Å². The van der Waals surface area contributed by atoms with E-state index in [0.717, 1.165) is 0 Å². The first-order chi connectivity index (χ1) is 8.49. The van der Waals surface area contributed by atoms with Gasteiger partial charge in [0.2, 0.25) is 0 Å². The van der Waals surface area contributed by atoms with Crippen molar-refractivity contribution in [1.29, 1.82) is 0 Å². The van der Waals surface area contributed by atoms with Crippen LogP contribution in [0.4, 0.5) is 0 Å². The van der Waals surface area contributed by atoms with Gasteiger partial charge in [0.25, 0.3) is 0 Å². The molecule has 0 aliphatic heterocycles. The monoisotopic (exact) mass is 263 g/mol. The molecule has 0 bridgehead atoms. The minimum atomic E-state index is -3.56. The zero-order valence-electron chi connectivity index (χ0n) is 9.91. The molecule has 1 aromatic carbocycles. The van der Waals surface area contributed by atoms with Crippen LogP contribution in [0, 0.1) is 0 Å². The lowest BCUT2D eigenvalue weighted by Gasteiger charge is -2.02. The summed E-state index contributed by atoms with van der Waals surface area (Å²) in [7, 11) is -1.78.